The van der Waals surface area contributed by atoms with Crippen LogP contribution in [0.4, 0.5) is 5.82 Å². The summed E-state index contributed by atoms with van der Waals surface area (Å²) >= 11 is 0. The normalized spacial score (nSPS) is 21.7. The lowest BCUT2D eigenvalue weighted by molar-refractivity contribution is 0.382. The zero-order valence-electron chi connectivity index (χ0n) is 12.3. The zero-order valence-corrected chi connectivity index (χ0v) is 12.3. The van der Waals surface area contributed by atoms with Gasteiger partial charge in [-0.05, 0) is 40.0 Å². The second-order valence-corrected chi connectivity index (χ2v) is 6.45. The van der Waals surface area contributed by atoms with Crippen molar-refractivity contribution in [2.24, 2.45) is 11.7 Å². The quantitative estimate of drug-likeness (QED) is 0.871. The number of nitrogens with two attached hydrogens (primary N) is 1. The molecule has 5 heteroatoms. The van der Waals surface area contributed by atoms with Gasteiger partial charge < -0.3 is 15.2 Å². The summed E-state index contributed by atoms with van der Waals surface area (Å²) in [5.41, 5.74) is 5.70. The number of hydrogen-bond donors (Lipinski definition) is 1. The molecule has 0 bridgehead atoms. The van der Waals surface area contributed by atoms with Gasteiger partial charge in [0.1, 0.15) is 0 Å². The first-order chi connectivity index (χ1) is 8.80. The van der Waals surface area contributed by atoms with Gasteiger partial charge in [-0.2, -0.15) is 0 Å². The van der Waals surface area contributed by atoms with Crippen LogP contribution in [-0.4, -0.2) is 28.7 Å². The Hall–Kier alpha value is -1.36. The van der Waals surface area contributed by atoms with Crippen LogP contribution in [0, 0.1) is 5.92 Å². The van der Waals surface area contributed by atoms with E-state index in [1.54, 1.807) is 17.0 Å². The molecule has 2 N–H and O–H groups in total. The van der Waals surface area contributed by atoms with E-state index in [0.717, 1.165) is 19.5 Å². The van der Waals surface area contributed by atoms with Gasteiger partial charge in [0, 0.05) is 37.1 Å². The lowest BCUT2D eigenvalue weighted by Gasteiger charge is -2.25. The molecular weight excluding hydrogens is 240 g/mol. The standard InChI is InChI=1S/C14H24N4O/c1-10(15)11-5-7-17(9-11)12-13(19)18(8-6-16-12)14(2,3)4/h6,8,10-11H,5,7,9,15H2,1-4H3. The molecule has 5 nitrogen and oxygen atoms in total. The lowest BCUT2D eigenvalue weighted by Crippen LogP contribution is -2.38. The van der Waals surface area contributed by atoms with E-state index in [0.29, 0.717) is 11.7 Å². The molecule has 1 fully saturated rings. The molecule has 1 aromatic rings. The van der Waals surface area contributed by atoms with Crippen LogP contribution in [0.2, 0.25) is 0 Å². The Morgan fingerprint density at radius 3 is 2.68 bits per heavy atom. The molecule has 0 amide bonds. The van der Waals surface area contributed by atoms with Crippen LogP contribution in [0.1, 0.15) is 34.1 Å². The average Bonchev–Trinajstić information content (AvgIpc) is 2.77. The summed E-state index contributed by atoms with van der Waals surface area (Å²) in [5, 5.41) is 0. The molecule has 1 aliphatic heterocycles. The minimum absolute atomic E-state index is 0.0136. The summed E-state index contributed by atoms with van der Waals surface area (Å²) in [6.07, 6.45) is 4.50. The minimum atomic E-state index is -0.227. The fourth-order valence-electron chi connectivity index (χ4n) is 2.56. The number of aromatic nitrogens is 2. The van der Waals surface area contributed by atoms with E-state index in [1.165, 1.54) is 0 Å². The molecule has 2 atom stereocenters. The maximum absolute atomic E-state index is 12.5. The third kappa shape index (κ3) is 2.81. The molecule has 0 aliphatic carbocycles. The first-order valence-corrected chi connectivity index (χ1v) is 6.89. The zero-order chi connectivity index (χ0) is 14.2. The van der Waals surface area contributed by atoms with Gasteiger partial charge in [-0.25, -0.2) is 4.98 Å². The lowest BCUT2D eigenvalue weighted by atomic mass is 10.0. The van der Waals surface area contributed by atoms with E-state index in [1.807, 2.05) is 27.7 Å². The van der Waals surface area contributed by atoms with Crippen LogP contribution in [0.15, 0.2) is 17.2 Å². The third-order valence-electron chi connectivity index (χ3n) is 3.81. The van der Waals surface area contributed by atoms with Gasteiger partial charge >= 0.3 is 0 Å². The summed E-state index contributed by atoms with van der Waals surface area (Å²) in [6.45, 7) is 9.78. The van der Waals surface area contributed by atoms with Crippen molar-refractivity contribution in [3.63, 3.8) is 0 Å². The molecule has 0 spiro atoms. The van der Waals surface area contributed by atoms with Crippen molar-refractivity contribution in [3.05, 3.63) is 22.7 Å². The van der Waals surface area contributed by atoms with Gasteiger partial charge in [0.25, 0.3) is 5.56 Å². The fraction of sp³-hybridized carbons (Fsp3) is 0.714. The predicted molar refractivity (Wildman–Crippen MR) is 77.5 cm³/mol. The maximum Gasteiger partial charge on any atom is 0.293 e. The molecule has 2 unspecified atom stereocenters. The van der Waals surface area contributed by atoms with Crippen molar-refractivity contribution in [2.45, 2.75) is 45.7 Å². The molecule has 19 heavy (non-hydrogen) atoms. The monoisotopic (exact) mass is 264 g/mol. The second kappa shape index (κ2) is 4.96. The van der Waals surface area contributed by atoms with E-state index in [2.05, 4.69) is 9.88 Å². The van der Waals surface area contributed by atoms with Crippen molar-refractivity contribution >= 4 is 5.82 Å². The number of anilines is 1. The highest BCUT2D eigenvalue weighted by atomic mass is 16.1. The molecule has 0 saturated carbocycles. The Bertz CT molecular complexity index is 501. The van der Waals surface area contributed by atoms with E-state index < -0.39 is 0 Å². The summed E-state index contributed by atoms with van der Waals surface area (Å²) in [5.74, 6) is 1.00. The van der Waals surface area contributed by atoms with Crippen LogP contribution in [0.25, 0.3) is 0 Å². The molecule has 0 radical (unpaired) electrons. The van der Waals surface area contributed by atoms with Crippen LogP contribution in [-0.2, 0) is 5.54 Å². The van der Waals surface area contributed by atoms with Crippen LogP contribution in [0.5, 0.6) is 0 Å². The highest BCUT2D eigenvalue weighted by Crippen LogP contribution is 2.22. The van der Waals surface area contributed by atoms with Crippen molar-refractivity contribution < 1.29 is 0 Å². The van der Waals surface area contributed by atoms with Crippen molar-refractivity contribution in [3.8, 4) is 0 Å². The Kier molecular flexibility index (Phi) is 3.67. The van der Waals surface area contributed by atoms with E-state index in [-0.39, 0.29) is 17.1 Å². The summed E-state index contributed by atoms with van der Waals surface area (Å²) < 4.78 is 1.74. The number of hydrogen-bond acceptors (Lipinski definition) is 4. The highest BCUT2D eigenvalue weighted by molar-refractivity contribution is 5.37. The van der Waals surface area contributed by atoms with Gasteiger partial charge in [0.15, 0.2) is 5.82 Å². The van der Waals surface area contributed by atoms with Gasteiger partial charge in [-0.15, -0.1) is 0 Å². The van der Waals surface area contributed by atoms with Gasteiger partial charge in [0.05, 0.1) is 0 Å². The fourth-order valence-corrected chi connectivity index (χ4v) is 2.56. The largest absolute Gasteiger partial charge is 0.352 e. The topological polar surface area (TPSA) is 64.2 Å². The van der Waals surface area contributed by atoms with Crippen LogP contribution in [0.3, 0.4) is 0 Å². The van der Waals surface area contributed by atoms with Crippen molar-refractivity contribution in [2.75, 3.05) is 18.0 Å². The number of nitrogens with zero attached hydrogens (tertiary/aromatic N) is 3. The van der Waals surface area contributed by atoms with E-state index in [9.17, 15) is 4.79 Å². The molecule has 2 heterocycles. The molecule has 1 aliphatic rings. The Morgan fingerprint density at radius 1 is 1.47 bits per heavy atom. The van der Waals surface area contributed by atoms with Crippen molar-refractivity contribution in [1.29, 1.82) is 0 Å². The number of rotatable bonds is 2. The van der Waals surface area contributed by atoms with E-state index in [4.69, 9.17) is 5.73 Å². The van der Waals surface area contributed by atoms with Gasteiger partial charge in [-0.1, -0.05) is 0 Å². The first kappa shape index (κ1) is 14.1. The third-order valence-corrected chi connectivity index (χ3v) is 3.81. The molecule has 106 valence electrons. The van der Waals surface area contributed by atoms with Gasteiger partial charge in [0.2, 0.25) is 0 Å². The predicted octanol–water partition coefficient (Wildman–Crippen LogP) is 1.17. The molecule has 1 aromatic heterocycles. The molecule has 1 saturated heterocycles. The van der Waals surface area contributed by atoms with Gasteiger partial charge in [-0.3, -0.25) is 4.79 Å². The summed E-state index contributed by atoms with van der Waals surface area (Å²) in [6, 6.07) is 0.165. The van der Waals surface area contributed by atoms with E-state index >= 15 is 0 Å². The Morgan fingerprint density at radius 2 is 2.16 bits per heavy atom. The van der Waals surface area contributed by atoms with Crippen LogP contribution < -0.4 is 16.2 Å². The molecule has 2 rings (SSSR count). The smallest absolute Gasteiger partial charge is 0.293 e. The molecule has 0 aromatic carbocycles. The van der Waals surface area contributed by atoms with Crippen molar-refractivity contribution in [1.82, 2.24) is 9.55 Å². The average molecular weight is 264 g/mol. The second-order valence-electron chi connectivity index (χ2n) is 6.45. The Balaban J connectivity index is 2.30. The summed E-state index contributed by atoms with van der Waals surface area (Å²) in [4.78, 5) is 18.9. The van der Waals surface area contributed by atoms with Crippen LogP contribution >= 0.6 is 0 Å². The summed E-state index contributed by atoms with van der Waals surface area (Å²) in [7, 11) is 0. The minimum Gasteiger partial charge on any atom is -0.352 e. The SMILES string of the molecule is CC(N)C1CCN(c2nccn(C(C)(C)C)c2=O)C1. The highest BCUT2D eigenvalue weighted by Gasteiger charge is 2.28. The first-order valence-electron chi connectivity index (χ1n) is 6.89. The molecular formula is C14H24N4O. The maximum atomic E-state index is 12.5. The Labute approximate surface area is 114 Å².